The molecule has 1 aromatic heterocycles. The van der Waals surface area contributed by atoms with E-state index in [-0.39, 0.29) is 0 Å². The highest BCUT2D eigenvalue weighted by Crippen LogP contribution is 1.97. The van der Waals surface area contributed by atoms with Crippen molar-refractivity contribution >= 4 is 0 Å². The molecule has 0 amide bonds. The Balaban J connectivity index is 2.36. The summed E-state index contributed by atoms with van der Waals surface area (Å²) in [6, 6.07) is 0. The number of nitrogens with zero attached hydrogens (tertiary/aromatic N) is 2. The normalized spacial score (nSPS) is 9.85. The van der Waals surface area contributed by atoms with Crippen LogP contribution in [0.1, 0.15) is 11.7 Å². The number of rotatable bonds is 5. The van der Waals surface area contributed by atoms with Crippen LogP contribution in [0.4, 0.5) is 0 Å². The van der Waals surface area contributed by atoms with E-state index in [4.69, 9.17) is 15.7 Å². The summed E-state index contributed by atoms with van der Waals surface area (Å²) in [4.78, 5) is 4.04. The molecule has 13 heavy (non-hydrogen) atoms. The van der Waals surface area contributed by atoms with Crippen molar-refractivity contribution < 1.29 is 9.26 Å². The third-order valence-electron chi connectivity index (χ3n) is 1.29. The van der Waals surface area contributed by atoms with E-state index >= 15 is 0 Å². The summed E-state index contributed by atoms with van der Waals surface area (Å²) in [6.45, 7) is 1.33. The van der Waals surface area contributed by atoms with Crippen molar-refractivity contribution in [3.8, 4) is 12.3 Å². The van der Waals surface area contributed by atoms with Crippen LogP contribution in [0, 0.1) is 12.3 Å². The largest absolute Gasteiger partial charge is 0.377 e. The first-order valence-corrected chi connectivity index (χ1v) is 3.81. The molecule has 1 N–H and O–H groups in total. The zero-order chi connectivity index (χ0) is 9.52. The summed E-state index contributed by atoms with van der Waals surface area (Å²) in [7, 11) is 1.58. The topological polar surface area (TPSA) is 60.2 Å². The average Bonchev–Trinajstić information content (AvgIpc) is 2.54. The van der Waals surface area contributed by atoms with Gasteiger partial charge in [0, 0.05) is 7.11 Å². The maximum absolute atomic E-state index is 5.05. The first-order chi connectivity index (χ1) is 6.36. The second-order valence-corrected chi connectivity index (χ2v) is 2.35. The van der Waals surface area contributed by atoms with Crippen LogP contribution >= 0.6 is 0 Å². The Morgan fingerprint density at radius 1 is 1.69 bits per heavy atom. The molecule has 0 aromatic carbocycles. The van der Waals surface area contributed by atoms with Gasteiger partial charge in [0.2, 0.25) is 5.89 Å². The first kappa shape index (κ1) is 9.71. The van der Waals surface area contributed by atoms with Crippen molar-refractivity contribution in [2.75, 3.05) is 13.7 Å². The quantitative estimate of drug-likeness (QED) is 0.509. The summed E-state index contributed by atoms with van der Waals surface area (Å²) in [5.74, 6) is 3.50. The van der Waals surface area contributed by atoms with Crippen molar-refractivity contribution in [1.29, 1.82) is 0 Å². The van der Waals surface area contributed by atoms with E-state index in [1.165, 1.54) is 0 Å². The van der Waals surface area contributed by atoms with Gasteiger partial charge in [-0.1, -0.05) is 11.1 Å². The molecule has 1 rings (SSSR count). The highest BCUT2D eigenvalue weighted by Gasteiger charge is 2.03. The molecule has 1 aromatic rings. The maximum atomic E-state index is 5.05. The van der Waals surface area contributed by atoms with Crippen molar-refractivity contribution in [1.82, 2.24) is 15.5 Å². The monoisotopic (exact) mass is 181 g/mol. The van der Waals surface area contributed by atoms with Crippen LogP contribution in [-0.2, 0) is 17.9 Å². The molecular weight excluding hydrogens is 170 g/mol. The number of methoxy groups -OCH3 is 1. The third-order valence-corrected chi connectivity index (χ3v) is 1.29. The molecule has 0 spiro atoms. The van der Waals surface area contributed by atoms with Gasteiger partial charge in [0.25, 0.3) is 0 Å². The van der Waals surface area contributed by atoms with Gasteiger partial charge in [-0.25, -0.2) is 0 Å². The number of hydrogen-bond acceptors (Lipinski definition) is 5. The van der Waals surface area contributed by atoms with Crippen LogP contribution in [0.2, 0.25) is 0 Å². The second kappa shape index (κ2) is 5.30. The molecule has 0 fully saturated rings. The van der Waals surface area contributed by atoms with E-state index in [1.807, 2.05) is 0 Å². The minimum Gasteiger partial charge on any atom is -0.377 e. The van der Waals surface area contributed by atoms with Crippen molar-refractivity contribution in [2.45, 2.75) is 13.2 Å². The fourth-order valence-corrected chi connectivity index (χ4v) is 0.791. The molecule has 5 heteroatoms. The number of aromatic nitrogens is 2. The molecule has 5 nitrogen and oxygen atoms in total. The maximum Gasteiger partial charge on any atom is 0.240 e. The van der Waals surface area contributed by atoms with Crippen LogP contribution in [0.25, 0.3) is 0 Å². The van der Waals surface area contributed by atoms with Gasteiger partial charge in [-0.05, 0) is 0 Å². The highest BCUT2D eigenvalue weighted by molar-refractivity contribution is 4.89. The Hall–Kier alpha value is -1.38. The van der Waals surface area contributed by atoms with Crippen LogP contribution in [0.15, 0.2) is 4.52 Å². The lowest BCUT2D eigenvalue weighted by Gasteiger charge is -1.92. The van der Waals surface area contributed by atoms with E-state index in [2.05, 4.69) is 21.4 Å². The van der Waals surface area contributed by atoms with Gasteiger partial charge in [0.1, 0.15) is 6.61 Å². The van der Waals surface area contributed by atoms with E-state index in [1.54, 1.807) is 7.11 Å². The standard InChI is InChI=1S/C8H11N3O2/c1-3-4-9-5-8-10-7(6-12-2)11-13-8/h1,9H,4-6H2,2H3. The number of ether oxygens (including phenoxy) is 1. The van der Waals surface area contributed by atoms with Gasteiger partial charge in [-0.15, -0.1) is 6.42 Å². The van der Waals surface area contributed by atoms with E-state index in [9.17, 15) is 0 Å². The molecule has 1 heterocycles. The first-order valence-electron chi connectivity index (χ1n) is 3.81. The van der Waals surface area contributed by atoms with Crippen LogP contribution in [0.3, 0.4) is 0 Å². The Morgan fingerprint density at radius 3 is 3.23 bits per heavy atom. The smallest absolute Gasteiger partial charge is 0.240 e. The zero-order valence-corrected chi connectivity index (χ0v) is 7.41. The van der Waals surface area contributed by atoms with E-state index < -0.39 is 0 Å². The molecule has 0 aliphatic carbocycles. The van der Waals surface area contributed by atoms with Gasteiger partial charge >= 0.3 is 0 Å². The van der Waals surface area contributed by atoms with Crippen LogP contribution in [0.5, 0.6) is 0 Å². The number of hydrogen-bond donors (Lipinski definition) is 1. The number of terminal acetylenes is 1. The number of nitrogens with one attached hydrogen (secondary N) is 1. The van der Waals surface area contributed by atoms with Gasteiger partial charge < -0.3 is 9.26 Å². The summed E-state index contributed by atoms with van der Waals surface area (Å²) in [5.41, 5.74) is 0. The zero-order valence-electron chi connectivity index (χ0n) is 7.41. The lowest BCUT2D eigenvalue weighted by atomic mass is 10.5. The van der Waals surface area contributed by atoms with Crippen molar-refractivity contribution in [2.24, 2.45) is 0 Å². The summed E-state index contributed by atoms with van der Waals surface area (Å²) < 4.78 is 9.72. The highest BCUT2D eigenvalue weighted by atomic mass is 16.5. The molecule has 70 valence electrons. The molecule has 0 radical (unpaired) electrons. The summed E-state index contributed by atoms with van der Waals surface area (Å²) in [5, 5.41) is 6.62. The van der Waals surface area contributed by atoms with E-state index in [0.29, 0.717) is 31.4 Å². The SMILES string of the molecule is C#CCNCc1nc(COC)no1. The molecule has 0 aliphatic heterocycles. The summed E-state index contributed by atoms with van der Waals surface area (Å²) >= 11 is 0. The molecule has 0 unspecified atom stereocenters. The molecular formula is C8H11N3O2. The third kappa shape index (κ3) is 3.23. The predicted molar refractivity (Wildman–Crippen MR) is 45.6 cm³/mol. The fraction of sp³-hybridized carbons (Fsp3) is 0.500. The van der Waals surface area contributed by atoms with Crippen molar-refractivity contribution in [3.05, 3.63) is 11.7 Å². The van der Waals surface area contributed by atoms with Gasteiger partial charge in [-0.3, -0.25) is 5.32 Å². The van der Waals surface area contributed by atoms with Crippen molar-refractivity contribution in [3.63, 3.8) is 0 Å². The lowest BCUT2D eigenvalue weighted by molar-refractivity contribution is 0.174. The molecule has 0 aliphatic rings. The average molecular weight is 181 g/mol. The van der Waals surface area contributed by atoms with Crippen LogP contribution < -0.4 is 5.32 Å². The second-order valence-electron chi connectivity index (χ2n) is 2.35. The molecule has 0 saturated heterocycles. The van der Waals surface area contributed by atoms with Gasteiger partial charge in [-0.2, -0.15) is 4.98 Å². The van der Waals surface area contributed by atoms with Gasteiger partial charge in [0.05, 0.1) is 13.1 Å². The lowest BCUT2D eigenvalue weighted by Crippen LogP contribution is -2.13. The summed E-state index contributed by atoms with van der Waals surface area (Å²) in [6.07, 6.45) is 5.05. The Kier molecular flexibility index (Phi) is 3.96. The Bertz CT molecular complexity index is 290. The minimum absolute atomic E-state index is 0.360. The van der Waals surface area contributed by atoms with E-state index in [0.717, 1.165) is 0 Å². The molecule has 0 saturated carbocycles. The fourth-order valence-electron chi connectivity index (χ4n) is 0.791. The Labute approximate surface area is 76.5 Å². The van der Waals surface area contributed by atoms with Crippen LogP contribution in [-0.4, -0.2) is 23.8 Å². The Morgan fingerprint density at radius 2 is 2.54 bits per heavy atom. The predicted octanol–water partition coefficient (Wildman–Crippen LogP) is -0.0612. The minimum atomic E-state index is 0.360. The molecule has 0 bridgehead atoms. The van der Waals surface area contributed by atoms with Gasteiger partial charge in [0.15, 0.2) is 5.82 Å². The molecule has 0 atom stereocenters.